The van der Waals surface area contributed by atoms with Crippen LogP contribution in [0, 0.1) is 13.8 Å². The number of amides is 1. The van der Waals surface area contributed by atoms with Crippen molar-refractivity contribution in [1.82, 2.24) is 4.98 Å². The van der Waals surface area contributed by atoms with Gasteiger partial charge < -0.3 is 15.0 Å². The number of hydrogen-bond acceptors (Lipinski definition) is 3. The van der Waals surface area contributed by atoms with Crippen molar-refractivity contribution in [1.29, 1.82) is 0 Å². The van der Waals surface area contributed by atoms with Gasteiger partial charge in [0.25, 0.3) is 5.91 Å². The Bertz CT molecular complexity index is 990. The van der Waals surface area contributed by atoms with Crippen LogP contribution in [-0.2, 0) is 0 Å². The number of rotatable bonds is 3. The number of aromatic amines is 1. The summed E-state index contributed by atoms with van der Waals surface area (Å²) in [6.45, 7) is 3.75. The molecule has 3 rings (SSSR count). The molecule has 0 aliphatic heterocycles. The van der Waals surface area contributed by atoms with E-state index in [1.165, 1.54) is 0 Å². The fourth-order valence-electron chi connectivity index (χ4n) is 2.62. The van der Waals surface area contributed by atoms with Crippen molar-refractivity contribution < 1.29 is 9.53 Å². The van der Waals surface area contributed by atoms with E-state index in [9.17, 15) is 9.59 Å². The lowest BCUT2D eigenvalue weighted by Crippen LogP contribution is -2.13. The first-order chi connectivity index (χ1) is 11.5. The molecule has 0 bridgehead atoms. The largest absolute Gasteiger partial charge is 0.496 e. The zero-order valence-corrected chi connectivity index (χ0v) is 13.8. The van der Waals surface area contributed by atoms with Gasteiger partial charge in [-0.3, -0.25) is 9.59 Å². The number of H-pyrrole nitrogens is 1. The fourth-order valence-corrected chi connectivity index (χ4v) is 2.62. The summed E-state index contributed by atoms with van der Waals surface area (Å²) in [6.07, 6.45) is 0. The number of aromatic nitrogens is 1. The normalized spacial score (nSPS) is 10.6. The molecule has 3 aromatic rings. The number of hydrogen-bond donors (Lipinski definition) is 2. The predicted molar refractivity (Wildman–Crippen MR) is 95.0 cm³/mol. The highest BCUT2D eigenvalue weighted by Gasteiger charge is 2.10. The Hall–Kier alpha value is -3.08. The monoisotopic (exact) mass is 322 g/mol. The van der Waals surface area contributed by atoms with Crippen molar-refractivity contribution in [3.63, 3.8) is 0 Å². The van der Waals surface area contributed by atoms with E-state index in [1.807, 2.05) is 19.9 Å². The number of nitrogens with one attached hydrogen (secondary N) is 2. The van der Waals surface area contributed by atoms with Crippen LogP contribution < -0.4 is 15.5 Å². The van der Waals surface area contributed by atoms with Gasteiger partial charge in [-0.25, -0.2) is 0 Å². The van der Waals surface area contributed by atoms with E-state index in [-0.39, 0.29) is 11.3 Å². The molecule has 0 radical (unpaired) electrons. The highest BCUT2D eigenvalue weighted by atomic mass is 16.5. The van der Waals surface area contributed by atoms with Gasteiger partial charge in [0.1, 0.15) is 5.75 Å². The quantitative estimate of drug-likeness (QED) is 0.776. The first kappa shape index (κ1) is 15.8. The number of pyridine rings is 1. The molecule has 1 heterocycles. The van der Waals surface area contributed by atoms with E-state index in [2.05, 4.69) is 10.3 Å². The summed E-state index contributed by atoms with van der Waals surface area (Å²) < 4.78 is 5.25. The molecule has 24 heavy (non-hydrogen) atoms. The maximum Gasteiger partial charge on any atom is 0.255 e. The van der Waals surface area contributed by atoms with Gasteiger partial charge in [0, 0.05) is 33.9 Å². The molecule has 5 nitrogen and oxygen atoms in total. The van der Waals surface area contributed by atoms with Crippen LogP contribution in [0.5, 0.6) is 5.75 Å². The van der Waals surface area contributed by atoms with E-state index in [0.717, 1.165) is 16.8 Å². The molecule has 0 saturated heterocycles. The SMILES string of the molecule is COc1cc(C(=O)Nc2ccc3[nH]c(C)cc(=O)c3c2)ccc1C. The van der Waals surface area contributed by atoms with E-state index in [0.29, 0.717) is 22.4 Å². The molecule has 122 valence electrons. The molecule has 0 unspecified atom stereocenters. The minimum atomic E-state index is -0.254. The van der Waals surface area contributed by atoms with Crippen molar-refractivity contribution in [3.8, 4) is 5.75 Å². The Morgan fingerprint density at radius 3 is 2.62 bits per heavy atom. The Kier molecular flexibility index (Phi) is 4.08. The number of benzene rings is 2. The van der Waals surface area contributed by atoms with Gasteiger partial charge in [0.2, 0.25) is 0 Å². The lowest BCUT2D eigenvalue weighted by molar-refractivity contribution is 0.102. The number of carbonyl (C=O) groups is 1. The molecule has 0 aliphatic carbocycles. The summed E-state index contributed by atoms with van der Waals surface area (Å²) in [5, 5.41) is 3.36. The molecule has 1 amide bonds. The van der Waals surface area contributed by atoms with E-state index >= 15 is 0 Å². The summed E-state index contributed by atoms with van der Waals surface area (Å²) in [6, 6.07) is 12.0. The smallest absolute Gasteiger partial charge is 0.255 e. The lowest BCUT2D eigenvalue weighted by Gasteiger charge is -2.09. The van der Waals surface area contributed by atoms with Gasteiger partial charge in [-0.1, -0.05) is 6.07 Å². The summed E-state index contributed by atoms with van der Waals surface area (Å²) in [5.74, 6) is 0.407. The molecule has 0 fully saturated rings. The number of carbonyl (C=O) groups excluding carboxylic acids is 1. The van der Waals surface area contributed by atoms with Crippen LogP contribution in [0.1, 0.15) is 21.6 Å². The molecule has 0 spiro atoms. The van der Waals surface area contributed by atoms with Gasteiger partial charge in [-0.15, -0.1) is 0 Å². The number of aryl methyl sites for hydroxylation is 2. The third-order valence-corrected chi connectivity index (χ3v) is 3.89. The Labute approximate surface area is 139 Å². The Balaban J connectivity index is 1.92. The maximum atomic E-state index is 12.4. The Morgan fingerprint density at radius 2 is 1.88 bits per heavy atom. The third kappa shape index (κ3) is 3.01. The fraction of sp³-hybridized carbons (Fsp3) is 0.158. The minimum absolute atomic E-state index is 0.0747. The molecule has 1 aromatic heterocycles. The topological polar surface area (TPSA) is 71.2 Å². The van der Waals surface area contributed by atoms with Crippen molar-refractivity contribution in [3.05, 3.63) is 69.5 Å². The number of fused-ring (bicyclic) bond motifs is 1. The highest BCUT2D eigenvalue weighted by Crippen LogP contribution is 2.21. The molecule has 0 aliphatic rings. The Morgan fingerprint density at radius 1 is 1.08 bits per heavy atom. The van der Waals surface area contributed by atoms with Crippen LogP contribution in [0.3, 0.4) is 0 Å². The van der Waals surface area contributed by atoms with Crippen LogP contribution in [0.25, 0.3) is 10.9 Å². The van der Waals surface area contributed by atoms with E-state index in [1.54, 1.807) is 43.5 Å². The molecule has 5 heteroatoms. The molecule has 2 N–H and O–H groups in total. The summed E-state index contributed by atoms with van der Waals surface area (Å²) in [5.41, 5.74) is 3.50. The second kappa shape index (κ2) is 6.20. The molecule has 2 aromatic carbocycles. The molecular weight excluding hydrogens is 304 g/mol. The molecule has 0 saturated carbocycles. The van der Waals surface area contributed by atoms with Crippen molar-refractivity contribution >= 4 is 22.5 Å². The standard InChI is InChI=1S/C19H18N2O3/c1-11-4-5-13(9-18(11)24-3)19(23)21-14-6-7-16-15(10-14)17(22)8-12(2)20-16/h4-10H,1-3H3,(H,20,22)(H,21,23). The zero-order valence-electron chi connectivity index (χ0n) is 13.8. The van der Waals surface area contributed by atoms with E-state index in [4.69, 9.17) is 4.74 Å². The van der Waals surface area contributed by atoms with Gasteiger partial charge in [0.15, 0.2) is 5.43 Å². The summed E-state index contributed by atoms with van der Waals surface area (Å²) in [4.78, 5) is 27.6. The first-order valence-electron chi connectivity index (χ1n) is 7.57. The van der Waals surface area contributed by atoms with Crippen LogP contribution >= 0.6 is 0 Å². The van der Waals surface area contributed by atoms with Crippen LogP contribution in [-0.4, -0.2) is 18.0 Å². The second-order valence-electron chi connectivity index (χ2n) is 5.72. The van der Waals surface area contributed by atoms with Gasteiger partial charge in [-0.2, -0.15) is 0 Å². The minimum Gasteiger partial charge on any atom is -0.496 e. The number of methoxy groups -OCH3 is 1. The van der Waals surface area contributed by atoms with Gasteiger partial charge in [-0.05, 0) is 49.7 Å². The summed E-state index contributed by atoms with van der Waals surface area (Å²) >= 11 is 0. The zero-order chi connectivity index (χ0) is 17.3. The van der Waals surface area contributed by atoms with Crippen LogP contribution in [0.2, 0.25) is 0 Å². The number of anilines is 1. The average molecular weight is 322 g/mol. The third-order valence-electron chi connectivity index (χ3n) is 3.89. The molecular formula is C19H18N2O3. The summed E-state index contributed by atoms with van der Waals surface area (Å²) in [7, 11) is 1.57. The van der Waals surface area contributed by atoms with Crippen molar-refractivity contribution in [2.45, 2.75) is 13.8 Å². The van der Waals surface area contributed by atoms with E-state index < -0.39 is 0 Å². The second-order valence-corrected chi connectivity index (χ2v) is 5.72. The number of ether oxygens (including phenoxy) is 1. The molecule has 0 atom stereocenters. The highest BCUT2D eigenvalue weighted by molar-refractivity contribution is 6.05. The average Bonchev–Trinajstić information content (AvgIpc) is 2.55. The van der Waals surface area contributed by atoms with Crippen LogP contribution in [0.15, 0.2) is 47.3 Å². The van der Waals surface area contributed by atoms with Crippen molar-refractivity contribution in [2.24, 2.45) is 0 Å². The first-order valence-corrected chi connectivity index (χ1v) is 7.57. The maximum absolute atomic E-state index is 12.4. The lowest BCUT2D eigenvalue weighted by atomic mass is 10.1. The van der Waals surface area contributed by atoms with Gasteiger partial charge in [0.05, 0.1) is 7.11 Å². The van der Waals surface area contributed by atoms with Crippen LogP contribution in [0.4, 0.5) is 5.69 Å². The predicted octanol–water partition coefficient (Wildman–Crippen LogP) is 3.41. The van der Waals surface area contributed by atoms with Gasteiger partial charge >= 0.3 is 0 Å². The van der Waals surface area contributed by atoms with Crippen molar-refractivity contribution in [2.75, 3.05) is 12.4 Å².